The van der Waals surface area contributed by atoms with Crippen LogP contribution in [0, 0.1) is 0 Å². The molecule has 3 N–H and O–H groups in total. The quantitative estimate of drug-likeness (QED) is 0.336. The Morgan fingerprint density at radius 1 is 1.08 bits per heavy atom. The number of hydrogen-bond donors (Lipinski definition) is 3. The standard InChI is InChI=1S/C24H24N6O4S2/c1-34-19-5-2-6-20-21(19)28-24(35-20)29-36(32,33)17-9-7-16(8-10-17)27-22-18(4-3-11-26-22)23(31)30-14-12-25-13-15-30/h2-11,25H,12-15H2,1H3,(H,26,27)(H,28,29). The van der Waals surface area contributed by atoms with E-state index in [4.69, 9.17) is 4.74 Å². The number of fused-ring (bicyclic) bond motifs is 1. The number of ether oxygens (including phenoxy) is 1. The Balaban J connectivity index is 1.32. The summed E-state index contributed by atoms with van der Waals surface area (Å²) in [5.41, 5.74) is 1.67. The monoisotopic (exact) mass is 524 g/mol. The van der Waals surface area contributed by atoms with Crippen molar-refractivity contribution in [2.45, 2.75) is 4.90 Å². The SMILES string of the molecule is COc1cccc2sc(NS(=O)(=O)c3ccc(Nc4ncccc4C(=O)N4CCNCC4)cc3)nc12. The predicted octanol–water partition coefficient (Wildman–Crippen LogP) is 3.29. The average Bonchev–Trinajstić information content (AvgIpc) is 3.31. The largest absolute Gasteiger partial charge is 0.494 e. The Labute approximate surface area is 212 Å². The number of benzene rings is 2. The molecule has 0 saturated carbocycles. The van der Waals surface area contributed by atoms with Gasteiger partial charge >= 0.3 is 0 Å². The summed E-state index contributed by atoms with van der Waals surface area (Å²) in [7, 11) is -2.32. The number of para-hydroxylation sites is 1. The lowest BCUT2D eigenvalue weighted by Gasteiger charge is -2.28. The van der Waals surface area contributed by atoms with Gasteiger partial charge in [-0.15, -0.1) is 0 Å². The summed E-state index contributed by atoms with van der Waals surface area (Å²) < 4.78 is 34.6. The summed E-state index contributed by atoms with van der Waals surface area (Å²) in [4.78, 5) is 23.6. The number of amides is 1. The predicted molar refractivity (Wildman–Crippen MR) is 140 cm³/mol. The molecule has 0 bridgehead atoms. The third kappa shape index (κ3) is 4.96. The van der Waals surface area contributed by atoms with E-state index in [0.29, 0.717) is 41.4 Å². The van der Waals surface area contributed by atoms with Crippen LogP contribution in [0.15, 0.2) is 65.7 Å². The third-order valence-electron chi connectivity index (χ3n) is 5.69. The van der Waals surface area contributed by atoms with Gasteiger partial charge in [0.25, 0.3) is 15.9 Å². The molecule has 1 saturated heterocycles. The maximum atomic E-state index is 13.0. The van der Waals surface area contributed by atoms with E-state index in [9.17, 15) is 13.2 Å². The molecule has 12 heteroatoms. The number of piperazine rings is 1. The highest BCUT2D eigenvalue weighted by atomic mass is 32.2. The number of nitrogens with one attached hydrogen (secondary N) is 3. The Morgan fingerprint density at radius 2 is 1.86 bits per heavy atom. The van der Waals surface area contributed by atoms with E-state index in [-0.39, 0.29) is 15.9 Å². The molecular weight excluding hydrogens is 500 g/mol. The third-order valence-corrected chi connectivity index (χ3v) is 8.11. The molecule has 3 heterocycles. The number of aromatic nitrogens is 2. The molecule has 10 nitrogen and oxygen atoms in total. The van der Waals surface area contributed by atoms with Crippen LogP contribution in [0.1, 0.15) is 10.4 Å². The van der Waals surface area contributed by atoms with Crippen LogP contribution in [-0.4, -0.2) is 62.5 Å². The van der Waals surface area contributed by atoms with Gasteiger partial charge < -0.3 is 20.3 Å². The van der Waals surface area contributed by atoms with Gasteiger partial charge in [-0.05, 0) is 48.5 Å². The second kappa shape index (κ2) is 10.1. The molecule has 1 aliphatic rings. The van der Waals surface area contributed by atoms with Gasteiger partial charge in [-0.2, -0.15) is 0 Å². The van der Waals surface area contributed by atoms with Crippen molar-refractivity contribution < 1.29 is 17.9 Å². The van der Waals surface area contributed by atoms with Crippen LogP contribution in [0.25, 0.3) is 10.2 Å². The van der Waals surface area contributed by atoms with Crippen molar-refractivity contribution in [3.05, 3.63) is 66.4 Å². The number of rotatable bonds is 7. The summed E-state index contributed by atoms with van der Waals surface area (Å²) >= 11 is 1.23. The summed E-state index contributed by atoms with van der Waals surface area (Å²) in [5, 5.41) is 6.62. The molecule has 1 fully saturated rings. The Bertz CT molecular complexity index is 1500. The maximum absolute atomic E-state index is 13.0. The first-order chi connectivity index (χ1) is 17.4. The summed E-state index contributed by atoms with van der Waals surface area (Å²) in [6.45, 7) is 2.77. The van der Waals surface area contributed by atoms with Crippen LogP contribution >= 0.6 is 11.3 Å². The second-order valence-corrected chi connectivity index (χ2v) is 10.7. The molecule has 36 heavy (non-hydrogen) atoms. The van der Waals surface area contributed by atoms with E-state index >= 15 is 0 Å². The number of pyridine rings is 1. The van der Waals surface area contributed by atoms with Gasteiger partial charge in [0.2, 0.25) is 0 Å². The lowest BCUT2D eigenvalue weighted by molar-refractivity contribution is 0.0736. The zero-order valence-electron chi connectivity index (χ0n) is 19.4. The summed E-state index contributed by atoms with van der Waals surface area (Å²) in [6.07, 6.45) is 1.60. The number of methoxy groups -OCH3 is 1. The van der Waals surface area contributed by atoms with Crippen molar-refractivity contribution in [2.24, 2.45) is 0 Å². The van der Waals surface area contributed by atoms with E-state index in [1.807, 2.05) is 12.1 Å². The minimum absolute atomic E-state index is 0.0809. The zero-order chi connectivity index (χ0) is 25.1. The highest BCUT2D eigenvalue weighted by Gasteiger charge is 2.22. The number of anilines is 3. The first-order valence-electron chi connectivity index (χ1n) is 11.2. The first kappa shape index (κ1) is 24.0. The Morgan fingerprint density at radius 3 is 2.61 bits per heavy atom. The number of sulfonamides is 1. The van der Waals surface area contributed by atoms with E-state index in [1.165, 1.54) is 23.5 Å². The number of carbonyl (C=O) groups excluding carboxylic acids is 1. The van der Waals surface area contributed by atoms with Gasteiger partial charge in [0, 0.05) is 38.1 Å². The highest BCUT2D eigenvalue weighted by molar-refractivity contribution is 7.93. The molecule has 2 aromatic heterocycles. The lowest BCUT2D eigenvalue weighted by Crippen LogP contribution is -2.46. The highest BCUT2D eigenvalue weighted by Crippen LogP contribution is 2.33. The zero-order valence-corrected chi connectivity index (χ0v) is 21.0. The van der Waals surface area contributed by atoms with Crippen molar-refractivity contribution in [1.82, 2.24) is 20.2 Å². The number of thiazole rings is 1. The van der Waals surface area contributed by atoms with Crippen molar-refractivity contribution in [1.29, 1.82) is 0 Å². The molecule has 186 valence electrons. The summed E-state index contributed by atoms with van der Waals surface area (Å²) in [5.74, 6) is 0.898. The van der Waals surface area contributed by atoms with E-state index < -0.39 is 10.0 Å². The molecule has 1 amide bonds. The van der Waals surface area contributed by atoms with Crippen LogP contribution in [0.5, 0.6) is 5.75 Å². The normalized spacial score (nSPS) is 14.0. The summed E-state index contributed by atoms with van der Waals surface area (Å²) in [6, 6.07) is 15.1. The van der Waals surface area contributed by atoms with Gasteiger partial charge in [-0.1, -0.05) is 17.4 Å². The number of hydrogen-bond acceptors (Lipinski definition) is 9. The molecule has 4 aromatic rings. The topological polar surface area (TPSA) is 126 Å². The minimum atomic E-state index is -3.86. The van der Waals surface area contributed by atoms with Crippen molar-refractivity contribution >= 4 is 54.1 Å². The Kier molecular flexibility index (Phi) is 6.72. The fourth-order valence-electron chi connectivity index (χ4n) is 3.88. The molecule has 0 spiro atoms. The maximum Gasteiger partial charge on any atom is 0.263 e. The molecule has 0 atom stereocenters. The molecule has 1 aliphatic heterocycles. The lowest BCUT2D eigenvalue weighted by atomic mass is 10.2. The van der Waals surface area contributed by atoms with Gasteiger partial charge in [-0.3, -0.25) is 9.52 Å². The van der Waals surface area contributed by atoms with Gasteiger partial charge in [0.05, 0.1) is 22.3 Å². The van der Waals surface area contributed by atoms with Gasteiger partial charge in [-0.25, -0.2) is 18.4 Å². The fraction of sp³-hybridized carbons (Fsp3) is 0.208. The van der Waals surface area contributed by atoms with Crippen molar-refractivity contribution in [3.63, 3.8) is 0 Å². The number of carbonyl (C=O) groups is 1. The number of nitrogens with zero attached hydrogens (tertiary/aromatic N) is 3. The van der Waals surface area contributed by atoms with E-state index in [1.54, 1.807) is 48.5 Å². The molecule has 5 rings (SSSR count). The first-order valence-corrected chi connectivity index (χ1v) is 13.5. The average molecular weight is 525 g/mol. The van der Waals surface area contributed by atoms with Crippen LogP contribution < -0.4 is 20.1 Å². The molecule has 0 aliphatic carbocycles. The van der Waals surface area contributed by atoms with E-state index in [2.05, 4.69) is 25.3 Å². The molecule has 2 aromatic carbocycles. The Hall–Kier alpha value is -3.74. The van der Waals surface area contributed by atoms with Crippen LogP contribution in [-0.2, 0) is 10.0 Å². The van der Waals surface area contributed by atoms with Crippen LogP contribution in [0.3, 0.4) is 0 Å². The molecular formula is C24H24N6O4S2. The van der Waals surface area contributed by atoms with Crippen molar-refractivity contribution in [3.8, 4) is 5.75 Å². The van der Waals surface area contributed by atoms with Gasteiger partial charge in [0.15, 0.2) is 5.13 Å². The second-order valence-electron chi connectivity index (χ2n) is 8.02. The smallest absolute Gasteiger partial charge is 0.263 e. The van der Waals surface area contributed by atoms with Crippen LogP contribution in [0.4, 0.5) is 16.6 Å². The van der Waals surface area contributed by atoms with Crippen LogP contribution in [0.2, 0.25) is 0 Å². The minimum Gasteiger partial charge on any atom is -0.494 e. The van der Waals surface area contributed by atoms with Gasteiger partial charge in [0.1, 0.15) is 17.1 Å². The van der Waals surface area contributed by atoms with Crippen molar-refractivity contribution in [2.75, 3.05) is 43.3 Å². The van der Waals surface area contributed by atoms with E-state index in [0.717, 1.165) is 17.8 Å². The molecule has 0 unspecified atom stereocenters. The fourth-order valence-corrected chi connectivity index (χ4v) is 5.99. The molecule has 0 radical (unpaired) electrons.